The molecule has 0 aliphatic carbocycles. The molecule has 7 nitrogen and oxygen atoms in total. The lowest BCUT2D eigenvalue weighted by molar-refractivity contribution is -0.128. The van der Waals surface area contributed by atoms with Crippen molar-refractivity contribution < 1.29 is 14.4 Å². The number of aromatic nitrogens is 1. The van der Waals surface area contributed by atoms with Gasteiger partial charge in [-0.3, -0.25) is 19.4 Å². The Bertz CT molecular complexity index is 805. The maximum atomic E-state index is 12.7. The number of nitrogens with one attached hydrogen (secondary N) is 1. The summed E-state index contributed by atoms with van der Waals surface area (Å²) in [4.78, 5) is 41.6. The number of pyridine rings is 1. The smallest absolute Gasteiger partial charge is 0.248 e. The van der Waals surface area contributed by atoms with Crippen LogP contribution in [0.1, 0.15) is 28.4 Å². The normalized spacial score (nSPS) is 19.7. The number of carbonyl (C=O) groups excluding carboxylic acids is 3. The molecule has 0 saturated carbocycles. The summed E-state index contributed by atoms with van der Waals surface area (Å²) >= 11 is 0. The minimum absolute atomic E-state index is 0.0851. The SMILES string of the molecule is CN1C(=O)CC(C(=O)Nc2ccc(C(N)=O)cc2)C1c1cccnc1. The summed E-state index contributed by atoms with van der Waals surface area (Å²) in [5.74, 6) is -1.38. The molecule has 1 aromatic carbocycles. The van der Waals surface area contributed by atoms with Gasteiger partial charge in [-0.1, -0.05) is 6.07 Å². The van der Waals surface area contributed by atoms with E-state index in [1.807, 2.05) is 6.07 Å². The maximum absolute atomic E-state index is 12.7. The molecular formula is C18H18N4O3. The molecule has 2 unspecified atom stereocenters. The lowest BCUT2D eigenvalue weighted by Gasteiger charge is -2.24. The fourth-order valence-corrected chi connectivity index (χ4v) is 3.06. The van der Waals surface area contributed by atoms with Crippen molar-refractivity contribution in [3.05, 3.63) is 59.9 Å². The largest absolute Gasteiger partial charge is 0.366 e. The predicted octanol–water partition coefficient (Wildman–Crippen LogP) is 1.34. The lowest BCUT2D eigenvalue weighted by Crippen LogP contribution is -2.30. The van der Waals surface area contributed by atoms with E-state index in [9.17, 15) is 14.4 Å². The van der Waals surface area contributed by atoms with E-state index in [0.29, 0.717) is 11.3 Å². The molecule has 1 saturated heterocycles. The van der Waals surface area contributed by atoms with Crippen LogP contribution in [0.4, 0.5) is 5.69 Å². The Balaban J connectivity index is 1.80. The van der Waals surface area contributed by atoms with E-state index in [2.05, 4.69) is 10.3 Å². The van der Waals surface area contributed by atoms with Crippen molar-refractivity contribution in [2.75, 3.05) is 12.4 Å². The minimum atomic E-state index is -0.530. The van der Waals surface area contributed by atoms with Gasteiger partial charge in [-0.25, -0.2) is 0 Å². The number of hydrogen-bond donors (Lipinski definition) is 2. The quantitative estimate of drug-likeness (QED) is 0.877. The van der Waals surface area contributed by atoms with Crippen molar-refractivity contribution >= 4 is 23.4 Å². The molecule has 1 aliphatic heterocycles. The molecule has 0 bridgehead atoms. The molecule has 2 aromatic rings. The Morgan fingerprint density at radius 2 is 1.96 bits per heavy atom. The monoisotopic (exact) mass is 338 g/mol. The number of likely N-dealkylation sites (tertiary alicyclic amines) is 1. The van der Waals surface area contributed by atoms with Crippen molar-refractivity contribution in [3.63, 3.8) is 0 Å². The Morgan fingerprint density at radius 1 is 1.24 bits per heavy atom. The highest BCUT2D eigenvalue weighted by Crippen LogP contribution is 2.37. The van der Waals surface area contributed by atoms with E-state index in [0.717, 1.165) is 5.56 Å². The summed E-state index contributed by atoms with van der Waals surface area (Å²) in [6, 6.07) is 9.59. The van der Waals surface area contributed by atoms with Crippen molar-refractivity contribution in [2.45, 2.75) is 12.5 Å². The zero-order valence-electron chi connectivity index (χ0n) is 13.7. The summed E-state index contributed by atoms with van der Waals surface area (Å²) in [5, 5.41) is 2.80. The van der Waals surface area contributed by atoms with Gasteiger partial charge in [-0.15, -0.1) is 0 Å². The van der Waals surface area contributed by atoms with Crippen LogP contribution < -0.4 is 11.1 Å². The molecule has 3 N–H and O–H groups in total. The van der Waals surface area contributed by atoms with Gasteiger partial charge in [-0.05, 0) is 35.9 Å². The lowest BCUT2D eigenvalue weighted by atomic mass is 9.94. The number of rotatable bonds is 4. The Kier molecular flexibility index (Phi) is 4.47. The Labute approximate surface area is 144 Å². The van der Waals surface area contributed by atoms with Gasteiger partial charge in [-0.2, -0.15) is 0 Å². The molecule has 1 aromatic heterocycles. The van der Waals surface area contributed by atoms with Gasteiger partial charge in [0, 0.05) is 37.1 Å². The number of hydrogen-bond acceptors (Lipinski definition) is 4. The number of primary amides is 1. The third-order valence-electron chi connectivity index (χ3n) is 4.39. The average Bonchev–Trinajstić information content (AvgIpc) is 2.91. The van der Waals surface area contributed by atoms with E-state index in [1.54, 1.807) is 54.7 Å². The van der Waals surface area contributed by atoms with Crippen LogP contribution in [0.3, 0.4) is 0 Å². The van der Waals surface area contributed by atoms with Crippen LogP contribution in [0.25, 0.3) is 0 Å². The predicted molar refractivity (Wildman–Crippen MR) is 91.4 cm³/mol. The maximum Gasteiger partial charge on any atom is 0.248 e. The van der Waals surface area contributed by atoms with Gasteiger partial charge in [0.1, 0.15) is 0 Å². The van der Waals surface area contributed by atoms with Crippen LogP contribution in [0.15, 0.2) is 48.8 Å². The summed E-state index contributed by atoms with van der Waals surface area (Å²) < 4.78 is 0. The van der Waals surface area contributed by atoms with Gasteiger partial charge in [0.25, 0.3) is 0 Å². The number of nitrogens with zero attached hydrogens (tertiary/aromatic N) is 2. The van der Waals surface area contributed by atoms with E-state index in [-0.39, 0.29) is 24.3 Å². The van der Waals surface area contributed by atoms with Gasteiger partial charge < -0.3 is 16.0 Å². The number of carbonyl (C=O) groups is 3. The standard InChI is InChI=1S/C18H18N4O3/c1-22-15(23)9-14(16(22)12-3-2-8-20-10-12)18(25)21-13-6-4-11(5-7-13)17(19)24/h2-8,10,14,16H,9H2,1H3,(H2,19,24)(H,21,25). The first-order valence-corrected chi connectivity index (χ1v) is 7.83. The van der Waals surface area contributed by atoms with E-state index >= 15 is 0 Å². The fraction of sp³-hybridized carbons (Fsp3) is 0.222. The fourth-order valence-electron chi connectivity index (χ4n) is 3.06. The number of anilines is 1. The highest BCUT2D eigenvalue weighted by atomic mass is 16.2. The van der Waals surface area contributed by atoms with Gasteiger partial charge in [0.05, 0.1) is 12.0 Å². The second-order valence-corrected chi connectivity index (χ2v) is 5.98. The third kappa shape index (κ3) is 3.35. The number of nitrogens with two attached hydrogens (primary N) is 1. The number of amides is 3. The molecule has 3 amide bonds. The second-order valence-electron chi connectivity index (χ2n) is 5.98. The highest BCUT2D eigenvalue weighted by molar-refractivity contribution is 5.98. The molecule has 2 atom stereocenters. The first-order chi connectivity index (χ1) is 12.0. The van der Waals surface area contributed by atoms with Crippen LogP contribution in [0, 0.1) is 5.92 Å². The van der Waals surface area contributed by atoms with Gasteiger partial charge >= 0.3 is 0 Å². The zero-order valence-corrected chi connectivity index (χ0v) is 13.7. The molecule has 1 aliphatic rings. The average molecular weight is 338 g/mol. The van der Waals surface area contributed by atoms with Crippen molar-refractivity contribution in [3.8, 4) is 0 Å². The molecule has 2 heterocycles. The number of benzene rings is 1. The molecule has 0 radical (unpaired) electrons. The van der Waals surface area contributed by atoms with Crippen molar-refractivity contribution in [1.29, 1.82) is 0 Å². The van der Waals surface area contributed by atoms with Crippen LogP contribution in [0.5, 0.6) is 0 Å². The Hall–Kier alpha value is -3.22. The molecule has 7 heteroatoms. The zero-order chi connectivity index (χ0) is 18.0. The molecule has 25 heavy (non-hydrogen) atoms. The Morgan fingerprint density at radius 3 is 2.56 bits per heavy atom. The summed E-state index contributed by atoms with van der Waals surface area (Å²) in [5.41, 5.74) is 6.93. The summed E-state index contributed by atoms with van der Waals surface area (Å²) in [7, 11) is 1.69. The molecular weight excluding hydrogens is 320 g/mol. The van der Waals surface area contributed by atoms with E-state index in [1.165, 1.54) is 0 Å². The second kappa shape index (κ2) is 6.72. The van der Waals surface area contributed by atoms with E-state index < -0.39 is 11.8 Å². The van der Waals surface area contributed by atoms with Crippen LogP contribution >= 0.6 is 0 Å². The molecule has 0 spiro atoms. The highest BCUT2D eigenvalue weighted by Gasteiger charge is 2.42. The third-order valence-corrected chi connectivity index (χ3v) is 4.39. The van der Waals surface area contributed by atoms with Gasteiger partial charge in [0.15, 0.2) is 0 Å². The summed E-state index contributed by atoms with van der Waals surface area (Å²) in [6.07, 6.45) is 3.46. The minimum Gasteiger partial charge on any atom is -0.366 e. The van der Waals surface area contributed by atoms with Crippen molar-refractivity contribution in [1.82, 2.24) is 9.88 Å². The first-order valence-electron chi connectivity index (χ1n) is 7.83. The topological polar surface area (TPSA) is 105 Å². The first kappa shape index (κ1) is 16.6. The molecule has 3 rings (SSSR count). The molecule has 128 valence electrons. The summed E-state index contributed by atoms with van der Waals surface area (Å²) in [6.45, 7) is 0. The van der Waals surface area contributed by atoms with Crippen LogP contribution in [-0.2, 0) is 9.59 Å². The van der Waals surface area contributed by atoms with E-state index in [4.69, 9.17) is 5.73 Å². The van der Waals surface area contributed by atoms with Crippen molar-refractivity contribution in [2.24, 2.45) is 11.7 Å². The molecule has 1 fully saturated rings. The van der Waals surface area contributed by atoms with Gasteiger partial charge in [0.2, 0.25) is 17.7 Å². The van der Waals surface area contributed by atoms with Crippen LogP contribution in [-0.4, -0.2) is 34.7 Å². The van der Waals surface area contributed by atoms with Crippen LogP contribution in [0.2, 0.25) is 0 Å².